The zero-order valence-corrected chi connectivity index (χ0v) is 11.2. The Morgan fingerprint density at radius 1 is 1.53 bits per heavy atom. The summed E-state index contributed by atoms with van der Waals surface area (Å²) < 4.78 is 0. The molecule has 1 aliphatic rings. The number of hydrogen-bond donors (Lipinski definition) is 2. The van der Waals surface area contributed by atoms with Crippen molar-refractivity contribution in [3.05, 3.63) is 17.7 Å². The molecule has 2 unspecified atom stereocenters. The Bertz CT molecular complexity index is 347. The van der Waals surface area contributed by atoms with E-state index in [2.05, 4.69) is 41.0 Å². The molecule has 96 valence electrons. The molecule has 17 heavy (non-hydrogen) atoms. The first-order chi connectivity index (χ1) is 8.24. The molecule has 2 rings (SSSR count). The highest BCUT2D eigenvalue weighted by atomic mass is 15.2. The van der Waals surface area contributed by atoms with Crippen molar-refractivity contribution in [2.24, 2.45) is 0 Å². The number of imidazole rings is 1. The maximum atomic E-state index is 4.39. The molecular formula is C13H24N4. The smallest absolute Gasteiger partial charge is 0.0925 e. The zero-order chi connectivity index (χ0) is 12.3. The molecule has 4 nitrogen and oxygen atoms in total. The predicted octanol–water partition coefficient (Wildman–Crippen LogP) is 1.54. The van der Waals surface area contributed by atoms with Gasteiger partial charge < -0.3 is 10.3 Å². The highest BCUT2D eigenvalue weighted by molar-refractivity contribution is 5.16. The van der Waals surface area contributed by atoms with Gasteiger partial charge in [0.05, 0.1) is 17.7 Å². The molecular weight excluding hydrogens is 212 g/mol. The molecule has 4 heteroatoms. The van der Waals surface area contributed by atoms with Gasteiger partial charge in [-0.1, -0.05) is 13.8 Å². The molecule has 0 aromatic carbocycles. The van der Waals surface area contributed by atoms with Crippen LogP contribution in [0.15, 0.2) is 6.33 Å². The predicted molar refractivity (Wildman–Crippen MR) is 69.9 cm³/mol. The first kappa shape index (κ1) is 12.6. The van der Waals surface area contributed by atoms with Gasteiger partial charge in [0, 0.05) is 31.6 Å². The number of likely N-dealkylation sites (N-methyl/N-ethyl adjacent to an activating group) is 1. The number of nitrogens with one attached hydrogen (secondary N) is 2. The maximum Gasteiger partial charge on any atom is 0.0925 e. The van der Waals surface area contributed by atoms with Crippen LogP contribution in [0, 0.1) is 0 Å². The summed E-state index contributed by atoms with van der Waals surface area (Å²) in [5, 5.41) is 3.59. The number of aromatic nitrogens is 2. The van der Waals surface area contributed by atoms with Gasteiger partial charge in [-0.15, -0.1) is 0 Å². The van der Waals surface area contributed by atoms with Crippen LogP contribution in [-0.2, 0) is 13.0 Å². The molecule has 2 heterocycles. The van der Waals surface area contributed by atoms with Crippen LogP contribution in [0.3, 0.4) is 0 Å². The third-order valence-electron chi connectivity index (χ3n) is 3.89. The minimum atomic E-state index is 0.541. The van der Waals surface area contributed by atoms with Crippen molar-refractivity contribution in [2.75, 3.05) is 13.1 Å². The number of H-pyrrole nitrogens is 1. The highest BCUT2D eigenvalue weighted by Gasteiger charge is 2.22. The van der Waals surface area contributed by atoms with E-state index in [9.17, 15) is 0 Å². The van der Waals surface area contributed by atoms with Crippen LogP contribution < -0.4 is 5.32 Å². The van der Waals surface area contributed by atoms with Gasteiger partial charge in [0.15, 0.2) is 0 Å². The molecule has 0 fully saturated rings. The summed E-state index contributed by atoms with van der Waals surface area (Å²) in [5.41, 5.74) is 2.50. The van der Waals surface area contributed by atoms with Crippen molar-refractivity contribution >= 4 is 0 Å². The zero-order valence-electron chi connectivity index (χ0n) is 11.2. The second kappa shape index (κ2) is 5.65. The first-order valence-electron chi connectivity index (χ1n) is 6.73. The fourth-order valence-electron chi connectivity index (χ4n) is 2.52. The van der Waals surface area contributed by atoms with E-state index < -0.39 is 0 Å². The summed E-state index contributed by atoms with van der Waals surface area (Å²) >= 11 is 0. The Hall–Kier alpha value is -0.870. The first-order valence-corrected chi connectivity index (χ1v) is 6.73. The second-order valence-corrected chi connectivity index (χ2v) is 4.95. The van der Waals surface area contributed by atoms with Gasteiger partial charge in [-0.2, -0.15) is 0 Å². The van der Waals surface area contributed by atoms with E-state index >= 15 is 0 Å². The average Bonchev–Trinajstić information content (AvgIpc) is 2.82. The normalized spacial score (nSPS) is 21.5. The lowest BCUT2D eigenvalue weighted by molar-refractivity contribution is 0.187. The lowest BCUT2D eigenvalue weighted by Gasteiger charge is -2.33. The summed E-state index contributed by atoms with van der Waals surface area (Å²) in [4.78, 5) is 10.1. The molecule has 2 N–H and O–H groups in total. The number of aromatic amines is 1. The van der Waals surface area contributed by atoms with Crippen molar-refractivity contribution in [1.82, 2.24) is 20.2 Å². The number of fused-ring (bicyclic) bond motifs is 1. The SMILES string of the molecule is CCC(C)N(CC)CC1Cc2nc[nH]c2CN1. The van der Waals surface area contributed by atoms with E-state index in [1.165, 1.54) is 17.8 Å². The van der Waals surface area contributed by atoms with E-state index in [0.717, 1.165) is 26.1 Å². The Balaban J connectivity index is 1.92. The van der Waals surface area contributed by atoms with Crippen molar-refractivity contribution in [2.45, 2.75) is 52.2 Å². The van der Waals surface area contributed by atoms with Crippen molar-refractivity contribution in [3.8, 4) is 0 Å². The molecule has 0 saturated carbocycles. The lowest BCUT2D eigenvalue weighted by Crippen LogP contribution is -2.47. The van der Waals surface area contributed by atoms with Gasteiger partial charge in [-0.05, 0) is 19.9 Å². The van der Waals surface area contributed by atoms with E-state index in [1.54, 1.807) is 6.33 Å². The minimum Gasteiger partial charge on any atom is -0.347 e. The summed E-state index contributed by atoms with van der Waals surface area (Å²) in [7, 11) is 0. The van der Waals surface area contributed by atoms with E-state index in [1.807, 2.05) is 0 Å². The third kappa shape index (κ3) is 2.87. The van der Waals surface area contributed by atoms with Crippen molar-refractivity contribution in [3.63, 3.8) is 0 Å². The molecule has 0 saturated heterocycles. The third-order valence-corrected chi connectivity index (χ3v) is 3.89. The van der Waals surface area contributed by atoms with Gasteiger partial charge in [0.1, 0.15) is 0 Å². The largest absolute Gasteiger partial charge is 0.347 e. The van der Waals surface area contributed by atoms with E-state index in [0.29, 0.717) is 12.1 Å². The van der Waals surface area contributed by atoms with Crippen LogP contribution in [-0.4, -0.2) is 40.0 Å². The Labute approximate surface area is 104 Å². The summed E-state index contributed by atoms with van der Waals surface area (Å²) in [6.07, 6.45) is 4.07. The van der Waals surface area contributed by atoms with Crippen molar-refractivity contribution < 1.29 is 0 Å². The molecule has 1 aromatic heterocycles. The molecule has 1 aliphatic heterocycles. The van der Waals surface area contributed by atoms with Crippen molar-refractivity contribution in [1.29, 1.82) is 0 Å². The van der Waals surface area contributed by atoms with Crippen LogP contribution in [0.5, 0.6) is 0 Å². The molecule has 0 aliphatic carbocycles. The van der Waals surface area contributed by atoms with Crippen LogP contribution in [0.1, 0.15) is 38.6 Å². The van der Waals surface area contributed by atoms with Gasteiger partial charge in [-0.25, -0.2) is 4.98 Å². The summed E-state index contributed by atoms with van der Waals surface area (Å²) in [6.45, 7) is 9.99. The summed E-state index contributed by atoms with van der Waals surface area (Å²) in [5.74, 6) is 0. The number of hydrogen-bond acceptors (Lipinski definition) is 3. The highest BCUT2D eigenvalue weighted by Crippen LogP contribution is 2.14. The maximum absolute atomic E-state index is 4.39. The topological polar surface area (TPSA) is 44.0 Å². The lowest BCUT2D eigenvalue weighted by atomic mass is 10.0. The second-order valence-electron chi connectivity index (χ2n) is 4.95. The minimum absolute atomic E-state index is 0.541. The van der Waals surface area contributed by atoms with E-state index in [4.69, 9.17) is 0 Å². The van der Waals surface area contributed by atoms with Crippen LogP contribution >= 0.6 is 0 Å². The molecule has 0 spiro atoms. The van der Waals surface area contributed by atoms with Gasteiger partial charge >= 0.3 is 0 Å². The fraction of sp³-hybridized carbons (Fsp3) is 0.769. The Morgan fingerprint density at radius 3 is 3.06 bits per heavy atom. The number of nitrogens with zero attached hydrogens (tertiary/aromatic N) is 2. The van der Waals surface area contributed by atoms with Gasteiger partial charge in [-0.3, -0.25) is 4.90 Å². The quantitative estimate of drug-likeness (QED) is 0.815. The molecule has 0 bridgehead atoms. The number of rotatable bonds is 5. The van der Waals surface area contributed by atoms with Crippen LogP contribution in [0.4, 0.5) is 0 Å². The van der Waals surface area contributed by atoms with Gasteiger partial charge in [0.2, 0.25) is 0 Å². The van der Waals surface area contributed by atoms with Crippen LogP contribution in [0.25, 0.3) is 0 Å². The van der Waals surface area contributed by atoms with Crippen LogP contribution in [0.2, 0.25) is 0 Å². The average molecular weight is 236 g/mol. The van der Waals surface area contributed by atoms with Gasteiger partial charge in [0.25, 0.3) is 0 Å². The molecule has 0 amide bonds. The molecule has 2 atom stereocenters. The molecule has 1 aromatic rings. The monoisotopic (exact) mass is 236 g/mol. The Kier molecular flexibility index (Phi) is 4.18. The standard InChI is InChI=1S/C13H24N4/c1-4-10(3)17(5-2)8-11-6-12-13(7-14-11)16-9-15-12/h9-11,14H,4-8H2,1-3H3,(H,15,16). The fourth-order valence-corrected chi connectivity index (χ4v) is 2.52. The summed E-state index contributed by atoms with van der Waals surface area (Å²) in [6, 6.07) is 1.21. The Morgan fingerprint density at radius 2 is 2.35 bits per heavy atom. The molecule has 0 radical (unpaired) electrons. The van der Waals surface area contributed by atoms with E-state index in [-0.39, 0.29) is 0 Å².